The summed E-state index contributed by atoms with van der Waals surface area (Å²) in [6.07, 6.45) is 3.25. The van der Waals surface area contributed by atoms with E-state index in [0.717, 1.165) is 22.6 Å². The molecule has 3 rings (SSSR count). The molecule has 3 aromatic rings. The van der Waals surface area contributed by atoms with Gasteiger partial charge in [-0.2, -0.15) is 5.10 Å². The minimum Gasteiger partial charge on any atom is -0.326 e. The van der Waals surface area contributed by atoms with Gasteiger partial charge in [0.15, 0.2) is 0 Å². The van der Waals surface area contributed by atoms with E-state index in [1.807, 2.05) is 48.9 Å². The molecule has 0 bridgehead atoms. The van der Waals surface area contributed by atoms with E-state index in [-0.39, 0.29) is 11.8 Å². The van der Waals surface area contributed by atoms with Crippen molar-refractivity contribution in [3.8, 4) is 5.69 Å². The first kappa shape index (κ1) is 19.1. The molecule has 0 saturated carbocycles. The standard InChI is InChI=1S/C22H22N4O2/c1-15-21(16(2)26(25-15)20-10-5-4-6-11-20)12-13-22(28)24-19-9-7-8-18(14-19)23-17(3)27/h4-14H,1-3H3,(H,23,27)(H,24,28)/b13-12+. The summed E-state index contributed by atoms with van der Waals surface area (Å²) in [5.74, 6) is -0.420. The van der Waals surface area contributed by atoms with Gasteiger partial charge in [0.1, 0.15) is 0 Å². The zero-order chi connectivity index (χ0) is 20.1. The van der Waals surface area contributed by atoms with Crippen molar-refractivity contribution in [2.24, 2.45) is 0 Å². The maximum Gasteiger partial charge on any atom is 0.248 e. The Balaban J connectivity index is 1.75. The third-order valence-corrected chi connectivity index (χ3v) is 4.20. The van der Waals surface area contributed by atoms with Crippen LogP contribution in [-0.2, 0) is 9.59 Å². The zero-order valence-corrected chi connectivity index (χ0v) is 16.1. The van der Waals surface area contributed by atoms with Gasteiger partial charge in [-0.1, -0.05) is 24.3 Å². The van der Waals surface area contributed by atoms with Gasteiger partial charge < -0.3 is 10.6 Å². The smallest absolute Gasteiger partial charge is 0.248 e. The fourth-order valence-electron chi connectivity index (χ4n) is 2.94. The molecule has 0 radical (unpaired) electrons. The Morgan fingerprint density at radius 2 is 1.64 bits per heavy atom. The number of carbonyl (C=O) groups excluding carboxylic acids is 2. The average Bonchev–Trinajstić information content (AvgIpc) is 2.94. The van der Waals surface area contributed by atoms with Crippen LogP contribution in [0.15, 0.2) is 60.7 Å². The van der Waals surface area contributed by atoms with Gasteiger partial charge in [-0.25, -0.2) is 4.68 Å². The second-order valence-corrected chi connectivity index (χ2v) is 6.42. The van der Waals surface area contributed by atoms with Crippen LogP contribution in [0.1, 0.15) is 23.9 Å². The summed E-state index contributed by atoms with van der Waals surface area (Å²) in [4.78, 5) is 23.5. The highest BCUT2D eigenvalue weighted by atomic mass is 16.2. The molecule has 142 valence electrons. The second-order valence-electron chi connectivity index (χ2n) is 6.42. The van der Waals surface area contributed by atoms with Gasteiger partial charge in [-0.05, 0) is 50.3 Å². The van der Waals surface area contributed by atoms with Crippen molar-refractivity contribution >= 4 is 29.3 Å². The first-order chi connectivity index (χ1) is 13.4. The Morgan fingerprint density at radius 3 is 2.32 bits per heavy atom. The Kier molecular flexibility index (Phi) is 5.69. The Morgan fingerprint density at radius 1 is 0.964 bits per heavy atom. The van der Waals surface area contributed by atoms with E-state index < -0.39 is 0 Å². The van der Waals surface area contributed by atoms with Gasteiger partial charge in [0.05, 0.1) is 11.4 Å². The van der Waals surface area contributed by atoms with Crippen molar-refractivity contribution in [1.29, 1.82) is 0 Å². The second kappa shape index (κ2) is 8.35. The highest BCUT2D eigenvalue weighted by molar-refractivity contribution is 6.02. The molecule has 2 N–H and O–H groups in total. The van der Waals surface area contributed by atoms with E-state index in [1.165, 1.54) is 13.0 Å². The van der Waals surface area contributed by atoms with Crippen molar-refractivity contribution < 1.29 is 9.59 Å². The Hall–Kier alpha value is -3.67. The fourth-order valence-corrected chi connectivity index (χ4v) is 2.94. The Bertz CT molecular complexity index is 1040. The van der Waals surface area contributed by atoms with Crippen LogP contribution in [0.25, 0.3) is 11.8 Å². The molecule has 6 nitrogen and oxygen atoms in total. The number of rotatable bonds is 5. The summed E-state index contributed by atoms with van der Waals surface area (Å²) in [7, 11) is 0. The largest absolute Gasteiger partial charge is 0.326 e. The van der Waals surface area contributed by atoms with Crippen LogP contribution >= 0.6 is 0 Å². The lowest BCUT2D eigenvalue weighted by Gasteiger charge is -2.06. The van der Waals surface area contributed by atoms with Crippen LogP contribution < -0.4 is 10.6 Å². The van der Waals surface area contributed by atoms with E-state index in [0.29, 0.717) is 11.4 Å². The molecule has 0 fully saturated rings. The fraction of sp³-hybridized carbons (Fsp3) is 0.136. The van der Waals surface area contributed by atoms with Crippen molar-refractivity contribution in [1.82, 2.24) is 9.78 Å². The number of hydrogen-bond acceptors (Lipinski definition) is 3. The summed E-state index contributed by atoms with van der Waals surface area (Å²) >= 11 is 0. The summed E-state index contributed by atoms with van der Waals surface area (Å²) in [6, 6.07) is 16.9. The lowest BCUT2D eigenvalue weighted by atomic mass is 10.2. The predicted octanol–water partition coefficient (Wildman–Crippen LogP) is 4.10. The van der Waals surface area contributed by atoms with Gasteiger partial charge in [0.2, 0.25) is 11.8 Å². The molecule has 28 heavy (non-hydrogen) atoms. The molecule has 0 aliphatic carbocycles. The van der Waals surface area contributed by atoms with Gasteiger partial charge in [-0.3, -0.25) is 9.59 Å². The molecule has 0 saturated heterocycles. The molecule has 2 amide bonds. The topological polar surface area (TPSA) is 76.0 Å². The molecule has 0 aliphatic rings. The van der Waals surface area contributed by atoms with E-state index in [1.54, 1.807) is 30.3 Å². The van der Waals surface area contributed by atoms with E-state index in [9.17, 15) is 9.59 Å². The van der Waals surface area contributed by atoms with Crippen molar-refractivity contribution in [2.75, 3.05) is 10.6 Å². The molecule has 0 spiro atoms. The number of aryl methyl sites for hydroxylation is 1. The van der Waals surface area contributed by atoms with Crippen molar-refractivity contribution in [3.63, 3.8) is 0 Å². The zero-order valence-electron chi connectivity index (χ0n) is 16.1. The maximum absolute atomic E-state index is 12.3. The highest BCUT2D eigenvalue weighted by Crippen LogP contribution is 2.19. The summed E-state index contributed by atoms with van der Waals surface area (Å²) < 4.78 is 1.86. The molecule has 1 aromatic heterocycles. The lowest BCUT2D eigenvalue weighted by Crippen LogP contribution is -2.09. The number of hydrogen-bond donors (Lipinski definition) is 2. The van der Waals surface area contributed by atoms with Crippen LogP contribution in [0.3, 0.4) is 0 Å². The maximum atomic E-state index is 12.3. The number of para-hydroxylation sites is 1. The third-order valence-electron chi connectivity index (χ3n) is 4.20. The van der Waals surface area contributed by atoms with Crippen LogP contribution in [-0.4, -0.2) is 21.6 Å². The van der Waals surface area contributed by atoms with Crippen LogP contribution in [0.5, 0.6) is 0 Å². The van der Waals surface area contributed by atoms with Gasteiger partial charge in [0, 0.05) is 35.6 Å². The third kappa shape index (κ3) is 4.54. The lowest BCUT2D eigenvalue weighted by molar-refractivity contribution is -0.114. The number of nitrogens with zero attached hydrogens (tertiary/aromatic N) is 2. The van der Waals surface area contributed by atoms with Crippen LogP contribution in [0, 0.1) is 13.8 Å². The molecule has 6 heteroatoms. The molecule has 0 unspecified atom stereocenters. The minimum absolute atomic E-state index is 0.162. The number of anilines is 2. The molecule has 1 heterocycles. The van der Waals surface area contributed by atoms with E-state index in [4.69, 9.17) is 0 Å². The van der Waals surface area contributed by atoms with E-state index >= 15 is 0 Å². The van der Waals surface area contributed by atoms with Crippen LogP contribution in [0.2, 0.25) is 0 Å². The van der Waals surface area contributed by atoms with Gasteiger partial charge in [-0.15, -0.1) is 0 Å². The molecular formula is C22H22N4O2. The minimum atomic E-state index is -0.258. The number of carbonyl (C=O) groups is 2. The average molecular weight is 374 g/mol. The number of nitrogens with one attached hydrogen (secondary N) is 2. The van der Waals surface area contributed by atoms with E-state index in [2.05, 4.69) is 15.7 Å². The predicted molar refractivity (Wildman–Crippen MR) is 111 cm³/mol. The number of amides is 2. The number of benzene rings is 2. The SMILES string of the molecule is CC(=O)Nc1cccc(NC(=O)/C=C/c2c(C)nn(-c3ccccc3)c2C)c1. The van der Waals surface area contributed by atoms with Crippen LogP contribution in [0.4, 0.5) is 11.4 Å². The quantitative estimate of drug-likeness (QED) is 0.660. The monoisotopic (exact) mass is 374 g/mol. The number of aromatic nitrogens is 2. The van der Waals surface area contributed by atoms with Crippen molar-refractivity contribution in [2.45, 2.75) is 20.8 Å². The molecule has 0 atom stereocenters. The summed E-state index contributed by atoms with van der Waals surface area (Å²) in [5.41, 5.74) is 4.92. The first-order valence-electron chi connectivity index (χ1n) is 8.92. The first-order valence-corrected chi connectivity index (χ1v) is 8.92. The van der Waals surface area contributed by atoms with Crippen molar-refractivity contribution in [3.05, 3.63) is 77.6 Å². The van der Waals surface area contributed by atoms with Gasteiger partial charge >= 0.3 is 0 Å². The normalized spacial score (nSPS) is 10.8. The Labute approximate surface area is 163 Å². The van der Waals surface area contributed by atoms with Gasteiger partial charge in [0.25, 0.3) is 0 Å². The molecule has 2 aromatic carbocycles. The highest BCUT2D eigenvalue weighted by Gasteiger charge is 2.11. The summed E-state index contributed by atoms with van der Waals surface area (Å²) in [5, 5.41) is 10.1. The molecule has 0 aliphatic heterocycles. The molecular weight excluding hydrogens is 352 g/mol. The summed E-state index contributed by atoms with van der Waals surface area (Å²) in [6.45, 7) is 5.33.